The van der Waals surface area contributed by atoms with Crippen LogP contribution in [0.2, 0.25) is 10.0 Å². The number of phenolic OH excluding ortho intramolecular Hbond substituents is 1. The van der Waals surface area contributed by atoms with Crippen molar-refractivity contribution in [2.75, 3.05) is 12.4 Å². The minimum absolute atomic E-state index is 0.148. The first-order valence-corrected chi connectivity index (χ1v) is 8.83. The second-order valence-electron chi connectivity index (χ2n) is 5.10. The van der Waals surface area contributed by atoms with Gasteiger partial charge in [-0.3, -0.25) is 0 Å². The predicted octanol–water partition coefficient (Wildman–Crippen LogP) is 4.11. The number of aliphatic hydroxyl groups excluding tert-OH is 1. The van der Waals surface area contributed by atoms with Crippen molar-refractivity contribution in [2.24, 2.45) is 0 Å². The highest BCUT2D eigenvalue weighted by Crippen LogP contribution is 2.28. The molecule has 0 unspecified atom stereocenters. The lowest BCUT2D eigenvalue weighted by Gasteiger charge is -2.11. The van der Waals surface area contributed by atoms with Crippen molar-refractivity contribution in [3.63, 3.8) is 0 Å². The summed E-state index contributed by atoms with van der Waals surface area (Å²) in [5.41, 5.74) is 1.52. The Labute approximate surface area is 152 Å². The molecule has 126 valence electrons. The van der Waals surface area contributed by atoms with E-state index in [0.717, 1.165) is 11.0 Å². The van der Waals surface area contributed by atoms with E-state index in [-0.39, 0.29) is 12.4 Å². The standard InChI is InChI=1S/C16H14Cl2N2O3S/c17-12-5-14-15(6-13(12)18)20-16(19-14)24-8-10(22)7-23-11-3-1-9(21)2-4-11/h1-6,10,21-22H,7-8H2,(H,19,20)/t10-/m1/s1. The van der Waals surface area contributed by atoms with Crippen LogP contribution in [-0.2, 0) is 0 Å². The van der Waals surface area contributed by atoms with Crippen molar-refractivity contribution >= 4 is 46.0 Å². The summed E-state index contributed by atoms with van der Waals surface area (Å²) < 4.78 is 5.46. The van der Waals surface area contributed by atoms with Gasteiger partial charge in [-0.2, -0.15) is 0 Å². The van der Waals surface area contributed by atoms with E-state index in [0.29, 0.717) is 26.7 Å². The number of H-pyrrole nitrogens is 1. The summed E-state index contributed by atoms with van der Waals surface area (Å²) >= 11 is 13.3. The van der Waals surface area contributed by atoms with E-state index in [1.807, 2.05) is 0 Å². The van der Waals surface area contributed by atoms with Crippen molar-refractivity contribution in [1.29, 1.82) is 0 Å². The fourth-order valence-corrected chi connectivity index (χ4v) is 3.12. The summed E-state index contributed by atoms with van der Waals surface area (Å²) in [4.78, 5) is 7.53. The zero-order valence-electron chi connectivity index (χ0n) is 12.4. The summed E-state index contributed by atoms with van der Waals surface area (Å²) in [7, 11) is 0. The first-order valence-electron chi connectivity index (χ1n) is 7.09. The van der Waals surface area contributed by atoms with E-state index in [1.54, 1.807) is 24.3 Å². The number of nitrogens with zero attached hydrogens (tertiary/aromatic N) is 1. The van der Waals surface area contributed by atoms with Crippen LogP contribution in [-0.4, -0.2) is 38.6 Å². The summed E-state index contributed by atoms with van der Waals surface area (Å²) in [6, 6.07) is 9.76. The van der Waals surface area contributed by atoms with Gasteiger partial charge in [0.1, 0.15) is 18.1 Å². The number of imidazole rings is 1. The van der Waals surface area contributed by atoms with E-state index in [4.69, 9.17) is 27.9 Å². The summed E-state index contributed by atoms with van der Waals surface area (Å²) in [5.74, 6) is 1.17. The topological polar surface area (TPSA) is 78.4 Å². The highest BCUT2D eigenvalue weighted by atomic mass is 35.5. The highest BCUT2D eigenvalue weighted by Gasteiger charge is 2.11. The number of aromatic hydroxyl groups is 1. The van der Waals surface area contributed by atoms with Crippen molar-refractivity contribution in [2.45, 2.75) is 11.3 Å². The Morgan fingerprint density at radius 3 is 2.62 bits per heavy atom. The number of nitrogens with one attached hydrogen (secondary N) is 1. The van der Waals surface area contributed by atoms with Gasteiger partial charge in [-0.15, -0.1) is 0 Å². The lowest BCUT2D eigenvalue weighted by molar-refractivity contribution is 0.126. The number of benzene rings is 2. The highest BCUT2D eigenvalue weighted by molar-refractivity contribution is 7.99. The van der Waals surface area contributed by atoms with Crippen LogP contribution in [0.4, 0.5) is 0 Å². The third-order valence-corrected chi connectivity index (χ3v) is 4.93. The van der Waals surface area contributed by atoms with Gasteiger partial charge in [0.05, 0.1) is 27.2 Å². The Balaban J connectivity index is 1.54. The molecule has 1 heterocycles. The fourth-order valence-electron chi connectivity index (χ4n) is 2.01. The van der Waals surface area contributed by atoms with Gasteiger partial charge in [0.25, 0.3) is 0 Å². The van der Waals surface area contributed by atoms with Crippen LogP contribution < -0.4 is 4.74 Å². The van der Waals surface area contributed by atoms with Crippen molar-refractivity contribution in [3.8, 4) is 11.5 Å². The van der Waals surface area contributed by atoms with Crippen molar-refractivity contribution < 1.29 is 14.9 Å². The molecule has 3 rings (SSSR count). The van der Waals surface area contributed by atoms with Gasteiger partial charge in [0, 0.05) is 5.75 Å². The molecule has 1 atom stereocenters. The van der Waals surface area contributed by atoms with E-state index >= 15 is 0 Å². The van der Waals surface area contributed by atoms with E-state index < -0.39 is 6.10 Å². The monoisotopic (exact) mass is 384 g/mol. The molecule has 0 aliphatic rings. The Bertz CT molecular complexity index is 800. The normalized spacial score (nSPS) is 12.5. The maximum atomic E-state index is 10.0. The van der Waals surface area contributed by atoms with Crippen LogP contribution in [0.5, 0.6) is 11.5 Å². The van der Waals surface area contributed by atoms with E-state index in [1.165, 1.54) is 23.9 Å². The molecular weight excluding hydrogens is 371 g/mol. The van der Waals surface area contributed by atoms with Crippen LogP contribution in [0.1, 0.15) is 0 Å². The average molecular weight is 385 g/mol. The molecule has 0 fully saturated rings. The molecule has 0 saturated carbocycles. The molecule has 0 saturated heterocycles. The van der Waals surface area contributed by atoms with Gasteiger partial charge in [-0.1, -0.05) is 35.0 Å². The molecule has 3 aromatic rings. The predicted molar refractivity (Wildman–Crippen MR) is 96.4 cm³/mol. The number of aromatic nitrogens is 2. The van der Waals surface area contributed by atoms with Gasteiger partial charge in [-0.25, -0.2) is 4.98 Å². The fraction of sp³-hybridized carbons (Fsp3) is 0.188. The molecule has 0 aliphatic carbocycles. The third kappa shape index (κ3) is 4.27. The molecule has 0 amide bonds. The number of aliphatic hydroxyl groups is 1. The maximum Gasteiger partial charge on any atom is 0.166 e. The van der Waals surface area contributed by atoms with Gasteiger partial charge >= 0.3 is 0 Å². The zero-order valence-corrected chi connectivity index (χ0v) is 14.7. The van der Waals surface area contributed by atoms with Crippen molar-refractivity contribution in [3.05, 3.63) is 46.4 Å². The first kappa shape index (κ1) is 17.2. The largest absolute Gasteiger partial charge is 0.508 e. The molecule has 0 spiro atoms. The second-order valence-corrected chi connectivity index (χ2v) is 6.92. The Morgan fingerprint density at radius 1 is 1.17 bits per heavy atom. The lowest BCUT2D eigenvalue weighted by Crippen LogP contribution is -2.20. The average Bonchev–Trinajstić information content (AvgIpc) is 2.94. The number of halogens is 2. The number of thioether (sulfide) groups is 1. The molecule has 1 aromatic heterocycles. The lowest BCUT2D eigenvalue weighted by atomic mass is 10.3. The summed E-state index contributed by atoms with van der Waals surface area (Å²) in [6.45, 7) is 0.148. The molecule has 0 bridgehead atoms. The Hall–Kier alpha value is -1.60. The molecule has 5 nitrogen and oxygen atoms in total. The summed E-state index contributed by atoms with van der Waals surface area (Å²) in [6.07, 6.45) is -0.663. The molecule has 0 aliphatic heterocycles. The minimum atomic E-state index is -0.663. The first-order chi connectivity index (χ1) is 11.5. The van der Waals surface area contributed by atoms with E-state index in [2.05, 4.69) is 9.97 Å². The number of aromatic amines is 1. The molecule has 24 heavy (non-hydrogen) atoms. The second kappa shape index (κ2) is 7.53. The van der Waals surface area contributed by atoms with Gasteiger partial charge in [0.2, 0.25) is 0 Å². The van der Waals surface area contributed by atoms with Crippen molar-refractivity contribution in [1.82, 2.24) is 9.97 Å². The number of fused-ring (bicyclic) bond motifs is 1. The molecule has 2 aromatic carbocycles. The minimum Gasteiger partial charge on any atom is -0.508 e. The van der Waals surface area contributed by atoms with Crippen LogP contribution >= 0.6 is 35.0 Å². The third-order valence-electron chi connectivity index (χ3n) is 3.19. The number of hydrogen-bond acceptors (Lipinski definition) is 5. The van der Waals surface area contributed by atoms with Gasteiger partial charge < -0.3 is 19.9 Å². The van der Waals surface area contributed by atoms with Gasteiger partial charge in [-0.05, 0) is 36.4 Å². The SMILES string of the molecule is Oc1ccc(OC[C@@H](O)CSc2nc3cc(Cl)c(Cl)cc3[nH]2)cc1. The van der Waals surface area contributed by atoms with Crippen LogP contribution in [0.25, 0.3) is 11.0 Å². The Kier molecular flexibility index (Phi) is 5.40. The molecular formula is C16H14Cl2N2O3S. The molecule has 8 heteroatoms. The molecule has 0 radical (unpaired) electrons. The van der Waals surface area contributed by atoms with Crippen LogP contribution in [0.3, 0.4) is 0 Å². The van der Waals surface area contributed by atoms with E-state index in [9.17, 15) is 10.2 Å². The smallest absolute Gasteiger partial charge is 0.166 e. The number of ether oxygens (including phenoxy) is 1. The Morgan fingerprint density at radius 2 is 1.88 bits per heavy atom. The maximum absolute atomic E-state index is 10.0. The van der Waals surface area contributed by atoms with Crippen LogP contribution in [0.15, 0.2) is 41.6 Å². The summed E-state index contributed by atoms with van der Waals surface area (Å²) in [5, 5.41) is 20.8. The van der Waals surface area contributed by atoms with Gasteiger partial charge in [0.15, 0.2) is 5.16 Å². The number of phenols is 1. The quantitative estimate of drug-likeness (QED) is 0.557. The number of hydrogen-bond donors (Lipinski definition) is 3. The molecule has 3 N–H and O–H groups in total. The van der Waals surface area contributed by atoms with Crippen LogP contribution in [0, 0.1) is 0 Å². The zero-order chi connectivity index (χ0) is 17.1. The number of rotatable bonds is 6.